The van der Waals surface area contributed by atoms with Gasteiger partial charge in [0.25, 0.3) is 0 Å². The number of terminal acetylenes is 1. The molecule has 0 unspecified atom stereocenters. The second-order valence-corrected chi connectivity index (χ2v) is 11.2. The minimum absolute atomic E-state index is 0.284. The fourth-order valence-corrected chi connectivity index (χ4v) is 3.29. The molecular formula is C15H26OSi. The van der Waals surface area contributed by atoms with Crippen molar-refractivity contribution in [2.45, 2.75) is 64.3 Å². The third-order valence-corrected chi connectivity index (χ3v) is 8.61. The average molecular weight is 250 g/mol. The van der Waals surface area contributed by atoms with Crippen LogP contribution >= 0.6 is 0 Å². The molecule has 2 atom stereocenters. The van der Waals surface area contributed by atoms with Crippen LogP contribution in [0.15, 0.2) is 12.2 Å². The standard InChI is InChI=1S/C15H26OSi/c1-7-8-10-13-11-9-12-14(13)16-17(5,6)15(2,3)4/h1,9,11,13-14H,8,10,12H2,2-6H3/t13-,14-/m1/s1. The van der Waals surface area contributed by atoms with Crippen molar-refractivity contribution < 1.29 is 4.43 Å². The van der Waals surface area contributed by atoms with Crippen LogP contribution in [0.4, 0.5) is 0 Å². The van der Waals surface area contributed by atoms with Gasteiger partial charge >= 0.3 is 0 Å². The Morgan fingerprint density at radius 3 is 2.59 bits per heavy atom. The van der Waals surface area contributed by atoms with Gasteiger partial charge in [-0.05, 0) is 31.0 Å². The fraction of sp³-hybridized carbons (Fsp3) is 0.733. The van der Waals surface area contributed by atoms with Gasteiger partial charge in [0.15, 0.2) is 8.32 Å². The lowest BCUT2D eigenvalue weighted by atomic mass is 10.0. The van der Waals surface area contributed by atoms with Gasteiger partial charge in [0.2, 0.25) is 0 Å². The molecule has 0 spiro atoms. The first-order valence-corrected chi connectivity index (χ1v) is 9.47. The Labute approximate surface area is 108 Å². The van der Waals surface area contributed by atoms with Gasteiger partial charge in [-0.3, -0.25) is 0 Å². The third kappa shape index (κ3) is 3.72. The third-order valence-electron chi connectivity index (χ3n) is 4.10. The van der Waals surface area contributed by atoms with Crippen molar-refractivity contribution in [2.75, 3.05) is 0 Å². The SMILES string of the molecule is C#CCC[C@@H]1C=CC[C@H]1O[Si](C)(C)C(C)(C)C. The van der Waals surface area contributed by atoms with Gasteiger partial charge in [0.05, 0.1) is 6.10 Å². The Morgan fingerprint density at radius 1 is 1.41 bits per heavy atom. The Hall–Kier alpha value is -0.523. The van der Waals surface area contributed by atoms with Crippen LogP contribution in [0, 0.1) is 18.3 Å². The molecule has 0 aromatic heterocycles. The molecule has 0 bridgehead atoms. The van der Waals surface area contributed by atoms with E-state index in [1.165, 1.54) is 0 Å². The smallest absolute Gasteiger partial charge is 0.192 e. The van der Waals surface area contributed by atoms with E-state index < -0.39 is 8.32 Å². The average Bonchev–Trinajstić information content (AvgIpc) is 2.60. The van der Waals surface area contributed by atoms with Crippen LogP contribution in [0.2, 0.25) is 18.1 Å². The predicted molar refractivity (Wildman–Crippen MR) is 77.4 cm³/mol. The van der Waals surface area contributed by atoms with E-state index in [1.54, 1.807) is 0 Å². The topological polar surface area (TPSA) is 9.23 Å². The summed E-state index contributed by atoms with van der Waals surface area (Å²) >= 11 is 0. The lowest BCUT2D eigenvalue weighted by Gasteiger charge is -2.39. The summed E-state index contributed by atoms with van der Waals surface area (Å²) in [6, 6.07) is 0. The lowest BCUT2D eigenvalue weighted by molar-refractivity contribution is 0.147. The molecule has 0 N–H and O–H groups in total. The zero-order valence-corrected chi connectivity index (χ0v) is 12.9. The highest BCUT2D eigenvalue weighted by atomic mass is 28.4. The van der Waals surface area contributed by atoms with E-state index in [-0.39, 0.29) is 5.04 Å². The molecule has 0 aromatic carbocycles. The number of hydrogen-bond acceptors (Lipinski definition) is 1. The Morgan fingerprint density at radius 2 is 2.06 bits per heavy atom. The first kappa shape index (κ1) is 14.5. The molecule has 1 rings (SSSR count). The summed E-state index contributed by atoms with van der Waals surface area (Å²) in [4.78, 5) is 0. The summed E-state index contributed by atoms with van der Waals surface area (Å²) in [7, 11) is -1.64. The van der Waals surface area contributed by atoms with Crippen molar-refractivity contribution in [3.8, 4) is 12.3 Å². The van der Waals surface area contributed by atoms with Crippen LogP contribution in [0.3, 0.4) is 0 Å². The summed E-state index contributed by atoms with van der Waals surface area (Å²) in [5.74, 6) is 3.26. The lowest BCUT2D eigenvalue weighted by Crippen LogP contribution is -2.44. The normalized spacial score (nSPS) is 24.9. The first-order valence-electron chi connectivity index (χ1n) is 6.56. The van der Waals surface area contributed by atoms with Crippen molar-refractivity contribution in [3.05, 3.63) is 12.2 Å². The summed E-state index contributed by atoms with van der Waals surface area (Å²) < 4.78 is 6.48. The van der Waals surface area contributed by atoms with Crippen molar-refractivity contribution in [3.63, 3.8) is 0 Å². The predicted octanol–water partition coefficient (Wildman–Crippen LogP) is 4.37. The first-order chi connectivity index (χ1) is 7.78. The summed E-state index contributed by atoms with van der Waals surface area (Å²) in [5, 5.41) is 0.284. The summed E-state index contributed by atoms with van der Waals surface area (Å²) in [6.07, 6.45) is 13.2. The zero-order chi connectivity index (χ0) is 13.1. The molecule has 1 nitrogen and oxygen atoms in total. The molecule has 0 fully saturated rings. The quantitative estimate of drug-likeness (QED) is 0.409. The highest BCUT2D eigenvalue weighted by Crippen LogP contribution is 2.40. The summed E-state index contributed by atoms with van der Waals surface area (Å²) in [5.41, 5.74) is 0. The molecule has 2 heteroatoms. The maximum absolute atomic E-state index is 6.48. The molecule has 0 radical (unpaired) electrons. The fourth-order valence-electron chi connectivity index (χ4n) is 1.91. The van der Waals surface area contributed by atoms with Gasteiger partial charge < -0.3 is 4.43 Å². The monoisotopic (exact) mass is 250 g/mol. The van der Waals surface area contributed by atoms with Gasteiger partial charge in [-0.2, -0.15) is 0 Å². The minimum atomic E-state index is -1.64. The number of rotatable bonds is 4. The van der Waals surface area contributed by atoms with Crippen LogP contribution in [-0.4, -0.2) is 14.4 Å². The van der Waals surface area contributed by atoms with Gasteiger partial charge in [0.1, 0.15) is 0 Å². The van der Waals surface area contributed by atoms with Crippen molar-refractivity contribution in [1.82, 2.24) is 0 Å². The molecular weight excluding hydrogens is 224 g/mol. The molecule has 0 amide bonds. The van der Waals surface area contributed by atoms with E-state index in [9.17, 15) is 0 Å². The Balaban J connectivity index is 2.60. The Bertz CT molecular complexity index is 317. The van der Waals surface area contributed by atoms with E-state index in [4.69, 9.17) is 10.8 Å². The summed E-state index contributed by atoms with van der Waals surface area (Å²) in [6.45, 7) is 11.5. The van der Waals surface area contributed by atoms with Crippen molar-refractivity contribution in [1.29, 1.82) is 0 Å². The minimum Gasteiger partial charge on any atom is -0.413 e. The molecule has 1 aliphatic carbocycles. The molecule has 96 valence electrons. The molecule has 1 aliphatic rings. The maximum Gasteiger partial charge on any atom is 0.192 e. The highest BCUT2D eigenvalue weighted by Gasteiger charge is 2.40. The van der Waals surface area contributed by atoms with Crippen LogP contribution in [0.1, 0.15) is 40.0 Å². The van der Waals surface area contributed by atoms with E-state index >= 15 is 0 Å². The van der Waals surface area contributed by atoms with Gasteiger partial charge in [-0.1, -0.05) is 32.9 Å². The largest absolute Gasteiger partial charge is 0.413 e. The van der Waals surface area contributed by atoms with E-state index in [1.807, 2.05) is 0 Å². The second-order valence-electron chi connectivity index (χ2n) is 6.49. The van der Waals surface area contributed by atoms with Gasteiger partial charge in [0, 0.05) is 12.3 Å². The molecule has 17 heavy (non-hydrogen) atoms. The van der Waals surface area contributed by atoms with E-state index in [2.05, 4.69) is 51.9 Å². The van der Waals surface area contributed by atoms with Crippen LogP contribution in [-0.2, 0) is 4.43 Å². The second kappa shape index (κ2) is 5.41. The van der Waals surface area contributed by atoms with Gasteiger partial charge in [-0.15, -0.1) is 12.3 Å². The molecule has 0 saturated carbocycles. The molecule has 0 aliphatic heterocycles. The number of hydrogen-bond donors (Lipinski definition) is 0. The maximum atomic E-state index is 6.48. The van der Waals surface area contributed by atoms with Crippen molar-refractivity contribution >= 4 is 8.32 Å². The van der Waals surface area contributed by atoms with E-state index in [0.29, 0.717) is 12.0 Å². The Kier molecular flexibility index (Phi) is 4.63. The molecule has 0 aromatic rings. The molecule has 0 heterocycles. The van der Waals surface area contributed by atoms with Crippen LogP contribution < -0.4 is 0 Å². The van der Waals surface area contributed by atoms with Crippen molar-refractivity contribution in [2.24, 2.45) is 5.92 Å². The van der Waals surface area contributed by atoms with Crippen LogP contribution in [0.25, 0.3) is 0 Å². The highest BCUT2D eigenvalue weighted by molar-refractivity contribution is 6.74. The van der Waals surface area contributed by atoms with Gasteiger partial charge in [-0.25, -0.2) is 0 Å². The molecule has 0 saturated heterocycles. The van der Waals surface area contributed by atoms with Crippen LogP contribution in [0.5, 0.6) is 0 Å². The van der Waals surface area contributed by atoms with E-state index in [0.717, 1.165) is 19.3 Å². The zero-order valence-electron chi connectivity index (χ0n) is 11.9.